The average molecular weight is 486 g/mol. The largest absolute Gasteiger partial charge is 0.508 e. The molecule has 1 saturated heterocycles. The molecule has 5 heteroatoms. The van der Waals surface area contributed by atoms with E-state index in [-0.39, 0.29) is 11.5 Å². The van der Waals surface area contributed by atoms with Crippen LogP contribution in [0.15, 0.2) is 72.8 Å². The van der Waals surface area contributed by atoms with Crippen LogP contribution in [0.4, 0.5) is 4.39 Å². The van der Waals surface area contributed by atoms with Gasteiger partial charge in [0.1, 0.15) is 11.5 Å². The van der Waals surface area contributed by atoms with Gasteiger partial charge in [-0.05, 0) is 108 Å². The van der Waals surface area contributed by atoms with Crippen molar-refractivity contribution in [2.75, 3.05) is 26.2 Å². The van der Waals surface area contributed by atoms with Gasteiger partial charge in [0.05, 0.1) is 6.61 Å². The summed E-state index contributed by atoms with van der Waals surface area (Å²) in [6.07, 6.45) is 5.63. The van der Waals surface area contributed by atoms with E-state index in [4.69, 9.17) is 4.74 Å². The first kappa shape index (κ1) is 24.1. The second-order valence-electron chi connectivity index (χ2n) is 9.59. The van der Waals surface area contributed by atoms with Gasteiger partial charge >= 0.3 is 0 Å². The molecule has 0 radical (unpaired) electrons. The summed E-state index contributed by atoms with van der Waals surface area (Å²) in [5.41, 5.74) is 3.73. The predicted molar refractivity (Wildman–Crippen MR) is 142 cm³/mol. The smallest absolute Gasteiger partial charge is 0.165 e. The third kappa shape index (κ3) is 5.63. The van der Waals surface area contributed by atoms with Crippen molar-refractivity contribution < 1.29 is 19.3 Å². The van der Waals surface area contributed by atoms with Crippen molar-refractivity contribution in [2.24, 2.45) is 0 Å². The number of phenolic OH excluding ortho intramolecular Hbond substituents is 2. The Kier molecular flexibility index (Phi) is 7.38. The van der Waals surface area contributed by atoms with Crippen LogP contribution in [-0.2, 0) is 6.42 Å². The lowest BCUT2D eigenvalue weighted by Gasteiger charge is -2.26. The molecule has 0 spiro atoms. The van der Waals surface area contributed by atoms with E-state index in [2.05, 4.69) is 17.0 Å². The van der Waals surface area contributed by atoms with Gasteiger partial charge in [0.15, 0.2) is 11.6 Å². The SMILES string of the molecule is Oc1ccc2c(Cc3ccc(OCCCN4CCCCC4)cc3)c(-c3ccc(O)c(F)c3)ccc2c1. The Morgan fingerprint density at radius 2 is 1.64 bits per heavy atom. The Balaban J connectivity index is 1.33. The van der Waals surface area contributed by atoms with Gasteiger partial charge in [0.2, 0.25) is 0 Å². The summed E-state index contributed by atoms with van der Waals surface area (Å²) in [5.74, 6) is 0.0586. The molecule has 0 aromatic heterocycles. The fourth-order valence-electron chi connectivity index (χ4n) is 5.09. The Morgan fingerprint density at radius 1 is 0.833 bits per heavy atom. The van der Waals surface area contributed by atoms with Gasteiger partial charge in [-0.1, -0.05) is 42.8 Å². The van der Waals surface area contributed by atoms with Crippen LogP contribution < -0.4 is 4.74 Å². The Bertz CT molecular complexity index is 1330. The number of hydrogen-bond donors (Lipinski definition) is 2. The highest BCUT2D eigenvalue weighted by molar-refractivity contribution is 5.93. The normalized spacial score (nSPS) is 14.2. The van der Waals surface area contributed by atoms with Crippen LogP contribution in [0, 0.1) is 5.82 Å². The average Bonchev–Trinajstić information content (AvgIpc) is 2.90. The van der Waals surface area contributed by atoms with E-state index in [1.54, 1.807) is 18.2 Å². The third-order valence-electron chi connectivity index (χ3n) is 7.01. The lowest BCUT2D eigenvalue weighted by molar-refractivity contribution is 0.205. The Morgan fingerprint density at radius 3 is 2.42 bits per heavy atom. The number of halogens is 1. The maximum Gasteiger partial charge on any atom is 0.165 e. The summed E-state index contributed by atoms with van der Waals surface area (Å²) in [6, 6.07) is 21.8. The monoisotopic (exact) mass is 485 g/mol. The lowest BCUT2D eigenvalue weighted by Crippen LogP contribution is -2.31. The minimum absolute atomic E-state index is 0.207. The Hall–Kier alpha value is -3.57. The number of nitrogens with zero attached hydrogens (tertiary/aromatic N) is 1. The van der Waals surface area contributed by atoms with E-state index >= 15 is 0 Å². The van der Waals surface area contributed by atoms with Crippen LogP contribution in [0.1, 0.15) is 36.8 Å². The number of piperidine rings is 1. The molecule has 0 aliphatic carbocycles. The number of rotatable bonds is 8. The first-order valence-electron chi connectivity index (χ1n) is 12.7. The highest BCUT2D eigenvalue weighted by atomic mass is 19.1. The number of phenols is 2. The molecule has 0 bridgehead atoms. The minimum Gasteiger partial charge on any atom is -0.508 e. The van der Waals surface area contributed by atoms with Crippen LogP contribution in [-0.4, -0.2) is 41.4 Å². The van der Waals surface area contributed by atoms with Crippen LogP contribution in [0.25, 0.3) is 21.9 Å². The fraction of sp³-hybridized carbons (Fsp3) is 0.290. The molecule has 1 heterocycles. The summed E-state index contributed by atoms with van der Waals surface area (Å²) in [4.78, 5) is 2.53. The molecule has 0 atom stereocenters. The van der Waals surface area contributed by atoms with Crippen molar-refractivity contribution in [3.63, 3.8) is 0 Å². The van der Waals surface area contributed by atoms with Crippen LogP contribution in [0.5, 0.6) is 17.2 Å². The summed E-state index contributed by atoms with van der Waals surface area (Å²) < 4.78 is 20.2. The van der Waals surface area contributed by atoms with E-state index in [0.29, 0.717) is 18.6 Å². The second-order valence-corrected chi connectivity index (χ2v) is 9.59. The van der Waals surface area contributed by atoms with Crippen LogP contribution in [0.2, 0.25) is 0 Å². The van der Waals surface area contributed by atoms with E-state index < -0.39 is 5.82 Å². The van der Waals surface area contributed by atoms with Gasteiger partial charge in [-0.3, -0.25) is 0 Å². The van der Waals surface area contributed by atoms with Gasteiger partial charge in [-0.15, -0.1) is 0 Å². The predicted octanol–water partition coefficient (Wildman–Crippen LogP) is 6.90. The van der Waals surface area contributed by atoms with Gasteiger partial charge in [0, 0.05) is 6.54 Å². The highest BCUT2D eigenvalue weighted by Gasteiger charge is 2.14. The van der Waals surface area contributed by atoms with Gasteiger partial charge in [-0.2, -0.15) is 0 Å². The maximum atomic E-state index is 14.2. The van der Waals surface area contributed by atoms with Crippen molar-refractivity contribution in [3.05, 3.63) is 89.7 Å². The molecule has 1 aliphatic heterocycles. The zero-order chi connectivity index (χ0) is 24.9. The molecule has 4 aromatic carbocycles. The number of ether oxygens (including phenoxy) is 1. The quantitative estimate of drug-likeness (QED) is 0.267. The van der Waals surface area contributed by atoms with E-state index in [0.717, 1.165) is 46.2 Å². The third-order valence-corrected chi connectivity index (χ3v) is 7.01. The van der Waals surface area contributed by atoms with Crippen molar-refractivity contribution in [3.8, 4) is 28.4 Å². The Labute approximate surface area is 211 Å². The number of hydrogen-bond acceptors (Lipinski definition) is 4. The zero-order valence-electron chi connectivity index (χ0n) is 20.4. The van der Waals surface area contributed by atoms with Gasteiger partial charge in [-0.25, -0.2) is 4.39 Å². The first-order valence-corrected chi connectivity index (χ1v) is 12.7. The first-order chi connectivity index (χ1) is 17.6. The van der Waals surface area contributed by atoms with Crippen molar-refractivity contribution in [2.45, 2.75) is 32.1 Å². The number of benzene rings is 4. The standard InChI is InChI=1S/C31H32FNO3/c32-30-21-24(8-14-31(30)35)27-12-7-23-20-25(34)9-13-28(23)29(27)19-22-5-10-26(11-6-22)36-18-4-17-33-15-2-1-3-16-33/h5-14,20-21,34-35H,1-4,15-19H2. The molecular weight excluding hydrogens is 453 g/mol. The van der Waals surface area contributed by atoms with Crippen LogP contribution >= 0.6 is 0 Å². The molecule has 0 saturated carbocycles. The highest BCUT2D eigenvalue weighted by Crippen LogP contribution is 2.35. The van der Waals surface area contributed by atoms with Crippen molar-refractivity contribution in [1.29, 1.82) is 0 Å². The molecule has 1 aliphatic rings. The van der Waals surface area contributed by atoms with Gasteiger partial charge < -0.3 is 19.8 Å². The number of aromatic hydroxyl groups is 2. The van der Waals surface area contributed by atoms with E-state index in [1.807, 2.05) is 30.3 Å². The molecule has 4 nitrogen and oxygen atoms in total. The lowest BCUT2D eigenvalue weighted by atomic mass is 9.90. The number of likely N-dealkylation sites (tertiary alicyclic amines) is 1. The molecule has 5 rings (SSSR count). The zero-order valence-corrected chi connectivity index (χ0v) is 20.4. The van der Waals surface area contributed by atoms with E-state index in [1.165, 1.54) is 44.5 Å². The van der Waals surface area contributed by atoms with Crippen molar-refractivity contribution >= 4 is 10.8 Å². The molecule has 4 aromatic rings. The molecule has 36 heavy (non-hydrogen) atoms. The number of fused-ring (bicyclic) bond motifs is 1. The topological polar surface area (TPSA) is 52.9 Å². The molecule has 186 valence electrons. The molecular formula is C31H32FNO3. The summed E-state index contributed by atoms with van der Waals surface area (Å²) in [7, 11) is 0. The molecule has 2 N–H and O–H groups in total. The minimum atomic E-state index is -0.647. The van der Waals surface area contributed by atoms with Crippen LogP contribution in [0.3, 0.4) is 0 Å². The second kappa shape index (κ2) is 11.0. The summed E-state index contributed by atoms with van der Waals surface area (Å²) in [6.45, 7) is 4.22. The fourth-order valence-corrected chi connectivity index (χ4v) is 5.09. The summed E-state index contributed by atoms with van der Waals surface area (Å²) >= 11 is 0. The molecule has 0 amide bonds. The maximum absolute atomic E-state index is 14.2. The van der Waals surface area contributed by atoms with Gasteiger partial charge in [0.25, 0.3) is 0 Å². The summed E-state index contributed by atoms with van der Waals surface area (Å²) in [5, 5.41) is 21.5. The van der Waals surface area contributed by atoms with Crippen molar-refractivity contribution in [1.82, 2.24) is 4.90 Å². The van der Waals surface area contributed by atoms with E-state index in [9.17, 15) is 14.6 Å². The molecule has 1 fully saturated rings. The molecule has 0 unspecified atom stereocenters.